The lowest BCUT2D eigenvalue weighted by Gasteiger charge is -2.26. The van der Waals surface area contributed by atoms with E-state index in [0.717, 1.165) is 11.5 Å². The Labute approximate surface area is 126 Å². The van der Waals surface area contributed by atoms with Gasteiger partial charge in [-0.25, -0.2) is 4.39 Å². The summed E-state index contributed by atoms with van der Waals surface area (Å²) < 4.78 is 13.8. The fourth-order valence-electron chi connectivity index (χ4n) is 3.02. The van der Waals surface area contributed by atoms with Crippen molar-refractivity contribution in [2.24, 2.45) is 0 Å². The predicted octanol–water partition coefficient (Wildman–Crippen LogP) is 4.71. The highest BCUT2D eigenvalue weighted by molar-refractivity contribution is 5.36. The first-order chi connectivity index (χ1) is 10.2. The van der Waals surface area contributed by atoms with Gasteiger partial charge in [-0.2, -0.15) is 0 Å². The van der Waals surface area contributed by atoms with Crippen LogP contribution in [0.3, 0.4) is 0 Å². The summed E-state index contributed by atoms with van der Waals surface area (Å²) in [6, 6.07) is 14.3. The maximum Gasteiger partial charge on any atom is 0.126 e. The number of hydrogen-bond donors (Lipinski definition) is 1. The minimum absolute atomic E-state index is 0.0375. The standard InChI is InChI=1S/C19H22FN/c1-13-6-7-17(12-18(13)20)19(21-2)16-10-8-15(9-11-16)14-4-3-5-14/h6-12,14,19,21H,3-5H2,1-2H3. The normalized spacial score (nSPS) is 16.5. The molecular formula is C19H22FN. The molecule has 2 aromatic rings. The highest BCUT2D eigenvalue weighted by atomic mass is 19.1. The second-order valence-corrected chi connectivity index (χ2v) is 6.02. The van der Waals surface area contributed by atoms with Crippen molar-refractivity contribution >= 4 is 0 Å². The monoisotopic (exact) mass is 283 g/mol. The van der Waals surface area contributed by atoms with Gasteiger partial charge in [0.25, 0.3) is 0 Å². The Morgan fingerprint density at radius 1 is 1.05 bits per heavy atom. The SMILES string of the molecule is CNC(c1ccc(C2CCC2)cc1)c1ccc(C)c(F)c1. The molecule has 1 aliphatic rings. The first-order valence-corrected chi connectivity index (χ1v) is 7.72. The average Bonchev–Trinajstić information content (AvgIpc) is 2.43. The van der Waals surface area contributed by atoms with E-state index in [1.54, 1.807) is 13.0 Å². The number of aryl methyl sites for hydroxylation is 1. The molecule has 1 N–H and O–H groups in total. The van der Waals surface area contributed by atoms with Gasteiger partial charge in [-0.15, -0.1) is 0 Å². The highest BCUT2D eigenvalue weighted by Crippen LogP contribution is 2.36. The van der Waals surface area contributed by atoms with Crippen LogP contribution in [0.1, 0.15) is 53.5 Å². The van der Waals surface area contributed by atoms with Crippen molar-refractivity contribution < 1.29 is 4.39 Å². The Morgan fingerprint density at radius 3 is 2.24 bits per heavy atom. The van der Waals surface area contributed by atoms with Crippen LogP contribution in [0.5, 0.6) is 0 Å². The van der Waals surface area contributed by atoms with Crippen LogP contribution in [0, 0.1) is 12.7 Å². The van der Waals surface area contributed by atoms with E-state index in [2.05, 4.69) is 29.6 Å². The molecule has 0 heterocycles. The molecule has 0 bridgehead atoms. The molecule has 0 radical (unpaired) electrons. The van der Waals surface area contributed by atoms with Gasteiger partial charge in [0, 0.05) is 0 Å². The van der Waals surface area contributed by atoms with Gasteiger partial charge in [0.1, 0.15) is 5.82 Å². The Hall–Kier alpha value is -1.67. The molecule has 3 rings (SSSR count). The largest absolute Gasteiger partial charge is 0.309 e. The molecule has 2 heteroatoms. The van der Waals surface area contributed by atoms with Crippen molar-refractivity contribution in [3.8, 4) is 0 Å². The van der Waals surface area contributed by atoms with Crippen molar-refractivity contribution in [2.45, 2.75) is 38.1 Å². The van der Waals surface area contributed by atoms with Crippen LogP contribution in [0.25, 0.3) is 0 Å². The first-order valence-electron chi connectivity index (χ1n) is 7.72. The fraction of sp³-hybridized carbons (Fsp3) is 0.368. The van der Waals surface area contributed by atoms with E-state index >= 15 is 0 Å². The summed E-state index contributed by atoms with van der Waals surface area (Å²) in [5.74, 6) is 0.614. The molecule has 0 amide bonds. The Kier molecular flexibility index (Phi) is 4.07. The smallest absolute Gasteiger partial charge is 0.126 e. The molecule has 21 heavy (non-hydrogen) atoms. The van der Waals surface area contributed by atoms with Gasteiger partial charge in [0.15, 0.2) is 0 Å². The quantitative estimate of drug-likeness (QED) is 0.857. The number of benzene rings is 2. The van der Waals surface area contributed by atoms with Gasteiger partial charge in [0.05, 0.1) is 6.04 Å². The lowest BCUT2D eigenvalue weighted by molar-refractivity contribution is 0.419. The molecule has 0 aromatic heterocycles. The van der Waals surface area contributed by atoms with Crippen LogP contribution in [-0.4, -0.2) is 7.05 Å². The third kappa shape index (κ3) is 2.86. The van der Waals surface area contributed by atoms with E-state index in [0.29, 0.717) is 5.56 Å². The summed E-state index contributed by atoms with van der Waals surface area (Å²) in [5, 5.41) is 3.29. The van der Waals surface area contributed by atoms with Crippen molar-refractivity contribution in [2.75, 3.05) is 7.05 Å². The van der Waals surface area contributed by atoms with Crippen LogP contribution in [0.15, 0.2) is 42.5 Å². The van der Waals surface area contributed by atoms with Crippen molar-refractivity contribution in [1.29, 1.82) is 0 Å². The van der Waals surface area contributed by atoms with Gasteiger partial charge in [0.2, 0.25) is 0 Å². The summed E-state index contributed by atoms with van der Waals surface area (Å²) in [4.78, 5) is 0. The molecule has 1 atom stereocenters. The maximum absolute atomic E-state index is 13.8. The van der Waals surface area contributed by atoms with Crippen molar-refractivity contribution in [3.63, 3.8) is 0 Å². The molecule has 1 fully saturated rings. The van der Waals surface area contributed by atoms with Crippen LogP contribution in [0.2, 0.25) is 0 Å². The van der Waals surface area contributed by atoms with Crippen LogP contribution in [0.4, 0.5) is 4.39 Å². The number of halogens is 1. The fourth-order valence-corrected chi connectivity index (χ4v) is 3.02. The van der Waals surface area contributed by atoms with Crippen LogP contribution < -0.4 is 5.32 Å². The van der Waals surface area contributed by atoms with Crippen LogP contribution >= 0.6 is 0 Å². The summed E-state index contributed by atoms with van der Waals surface area (Å²) in [6.07, 6.45) is 3.99. The molecule has 110 valence electrons. The zero-order chi connectivity index (χ0) is 14.8. The first kappa shape index (κ1) is 14.3. The molecule has 1 nitrogen and oxygen atoms in total. The highest BCUT2D eigenvalue weighted by Gasteiger charge is 2.20. The second kappa shape index (κ2) is 5.98. The zero-order valence-electron chi connectivity index (χ0n) is 12.7. The van der Waals surface area contributed by atoms with E-state index < -0.39 is 0 Å². The third-order valence-corrected chi connectivity index (χ3v) is 4.66. The van der Waals surface area contributed by atoms with Crippen molar-refractivity contribution in [1.82, 2.24) is 5.32 Å². The second-order valence-electron chi connectivity index (χ2n) is 6.02. The topological polar surface area (TPSA) is 12.0 Å². The number of rotatable bonds is 4. The molecule has 0 spiro atoms. The average molecular weight is 283 g/mol. The third-order valence-electron chi connectivity index (χ3n) is 4.66. The number of hydrogen-bond acceptors (Lipinski definition) is 1. The van der Waals surface area contributed by atoms with E-state index in [4.69, 9.17) is 0 Å². The van der Waals surface area contributed by atoms with Gasteiger partial charge < -0.3 is 5.32 Å². The minimum atomic E-state index is -0.140. The van der Waals surface area contributed by atoms with E-state index in [1.807, 2.05) is 19.2 Å². The predicted molar refractivity (Wildman–Crippen MR) is 85.1 cm³/mol. The summed E-state index contributed by atoms with van der Waals surface area (Å²) in [5.41, 5.74) is 4.28. The Bertz CT molecular complexity index is 614. The minimum Gasteiger partial charge on any atom is -0.309 e. The molecule has 1 aliphatic carbocycles. The maximum atomic E-state index is 13.8. The molecular weight excluding hydrogens is 261 g/mol. The lowest BCUT2D eigenvalue weighted by atomic mass is 9.79. The molecule has 1 unspecified atom stereocenters. The molecule has 1 saturated carbocycles. The molecule has 2 aromatic carbocycles. The summed E-state index contributed by atoms with van der Waals surface area (Å²) >= 11 is 0. The van der Waals surface area contributed by atoms with Gasteiger partial charge in [-0.05, 0) is 61.1 Å². The van der Waals surface area contributed by atoms with Gasteiger partial charge in [-0.1, -0.05) is 42.8 Å². The van der Waals surface area contributed by atoms with E-state index in [1.165, 1.54) is 30.4 Å². The Morgan fingerprint density at radius 2 is 1.71 bits per heavy atom. The summed E-state index contributed by atoms with van der Waals surface area (Å²) in [7, 11) is 1.92. The molecule has 0 aliphatic heterocycles. The van der Waals surface area contributed by atoms with E-state index in [9.17, 15) is 4.39 Å². The molecule has 0 saturated heterocycles. The Balaban J connectivity index is 1.86. The zero-order valence-corrected chi connectivity index (χ0v) is 12.7. The summed E-state index contributed by atoms with van der Waals surface area (Å²) in [6.45, 7) is 1.79. The van der Waals surface area contributed by atoms with Gasteiger partial charge in [-0.3, -0.25) is 0 Å². The lowest BCUT2D eigenvalue weighted by Crippen LogP contribution is -2.18. The van der Waals surface area contributed by atoms with Gasteiger partial charge >= 0.3 is 0 Å². The van der Waals surface area contributed by atoms with Crippen LogP contribution in [-0.2, 0) is 0 Å². The number of nitrogens with one attached hydrogen (secondary N) is 1. The van der Waals surface area contributed by atoms with Crippen molar-refractivity contribution in [3.05, 3.63) is 70.5 Å². The van der Waals surface area contributed by atoms with E-state index in [-0.39, 0.29) is 11.9 Å².